The number of amidine groups is 1. The summed E-state index contributed by atoms with van der Waals surface area (Å²) in [5, 5.41) is 17.0. The summed E-state index contributed by atoms with van der Waals surface area (Å²) in [5.41, 5.74) is 4.81. The minimum atomic E-state index is -0.909. The first-order chi connectivity index (χ1) is 19.4. The summed E-state index contributed by atoms with van der Waals surface area (Å²) >= 11 is 0. The van der Waals surface area contributed by atoms with Crippen LogP contribution in [0.15, 0.2) is 53.6 Å². The number of anilines is 1. The highest BCUT2D eigenvalue weighted by Crippen LogP contribution is 2.19. The molecular formula is C31H46N4O5. The normalized spacial score (nSPS) is 14.1. The minimum Gasteiger partial charge on any atom is -0.550 e. The zero-order chi connectivity index (χ0) is 29.2. The van der Waals surface area contributed by atoms with Gasteiger partial charge >= 0.3 is 0 Å². The number of ketones is 1. The molecule has 2 aromatic carbocycles. The molecule has 220 valence electrons. The average molecular weight is 555 g/mol. The Kier molecular flexibility index (Phi) is 15.2. The van der Waals surface area contributed by atoms with Crippen LogP contribution in [0.2, 0.25) is 0 Å². The van der Waals surface area contributed by atoms with Gasteiger partial charge in [-0.3, -0.25) is 4.79 Å². The molecule has 1 unspecified atom stereocenters. The van der Waals surface area contributed by atoms with E-state index in [4.69, 9.17) is 9.47 Å². The number of nitrogens with zero attached hydrogens (tertiary/aromatic N) is 2. The monoisotopic (exact) mass is 554 g/mol. The first kappa shape index (κ1) is 32.6. The van der Waals surface area contributed by atoms with E-state index in [9.17, 15) is 14.7 Å². The van der Waals surface area contributed by atoms with E-state index in [1.807, 2.05) is 62.4 Å². The van der Waals surface area contributed by atoms with Crippen molar-refractivity contribution in [3.8, 4) is 11.5 Å². The molecule has 1 heterocycles. The van der Waals surface area contributed by atoms with Crippen LogP contribution in [-0.4, -0.2) is 30.8 Å². The Morgan fingerprint density at radius 2 is 1.30 bits per heavy atom. The molecule has 9 nitrogen and oxygen atoms in total. The Balaban J connectivity index is 0.000000342. The number of carboxylic acid groups (broad SMARTS) is 1. The number of carbonyl (C=O) groups is 2. The van der Waals surface area contributed by atoms with E-state index in [0.717, 1.165) is 35.7 Å². The Hall–Kier alpha value is -3.59. The van der Waals surface area contributed by atoms with Crippen LogP contribution in [-0.2, 0) is 9.59 Å². The van der Waals surface area contributed by atoms with E-state index in [0.29, 0.717) is 24.2 Å². The number of ether oxygens (including phenoxy) is 2. The molecule has 9 heteroatoms. The van der Waals surface area contributed by atoms with E-state index < -0.39 is 5.97 Å². The lowest BCUT2D eigenvalue weighted by Crippen LogP contribution is -3.10. The highest BCUT2D eigenvalue weighted by atomic mass is 16.5. The van der Waals surface area contributed by atoms with Crippen molar-refractivity contribution in [2.24, 2.45) is 5.10 Å². The number of Topliss-reactive ketones (excluding diaryl/α,β-unsaturated/α-hetero) is 1. The summed E-state index contributed by atoms with van der Waals surface area (Å²) < 4.78 is 11.0. The van der Waals surface area contributed by atoms with Gasteiger partial charge in [0, 0.05) is 25.0 Å². The van der Waals surface area contributed by atoms with Crippen molar-refractivity contribution in [1.29, 1.82) is 0 Å². The number of unbranched alkanes of at least 4 members (excludes halogenated alkanes) is 8. The smallest absolute Gasteiger partial charge is 0.251 e. The number of hydrazine groups is 1. The zero-order valence-electron chi connectivity index (χ0n) is 24.5. The maximum atomic E-state index is 11.8. The van der Waals surface area contributed by atoms with Crippen molar-refractivity contribution >= 4 is 29.0 Å². The SMILES string of the molecule is CCCCCCCCCCCC(=O)[O-].CCOc1ccc(N2NC(C(C)=O)=N[NH+]2c2ccc(OCC)cc2)cc1. The fraction of sp³-hybridized carbons (Fsp3) is 0.516. The number of hydrogen-bond donors (Lipinski definition) is 2. The van der Waals surface area contributed by atoms with Gasteiger partial charge in [-0.05, 0) is 68.2 Å². The summed E-state index contributed by atoms with van der Waals surface area (Å²) in [4.78, 5) is 21.9. The Morgan fingerprint density at radius 1 is 0.800 bits per heavy atom. The number of rotatable bonds is 17. The van der Waals surface area contributed by atoms with Crippen LogP contribution in [0.5, 0.6) is 11.5 Å². The minimum absolute atomic E-state index is 0.123. The number of carboxylic acids is 1. The second kappa shape index (κ2) is 18.7. The third-order valence-electron chi connectivity index (χ3n) is 6.29. The van der Waals surface area contributed by atoms with Crippen molar-refractivity contribution < 1.29 is 29.3 Å². The predicted octanol–water partition coefficient (Wildman–Crippen LogP) is 4.50. The maximum absolute atomic E-state index is 11.8. The molecule has 0 radical (unpaired) electrons. The molecule has 1 atom stereocenters. The van der Waals surface area contributed by atoms with Crippen molar-refractivity contribution in [2.45, 2.75) is 91.9 Å². The fourth-order valence-electron chi connectivity index (χ4n) is 4.18. The van der Waals surface area contributed by atoms with Crippen molar-refractivity contribution in [2.75, 3.05) is 18.3 Å². The largest absolute Gasteiger partial charge is 0.550 e. The van der Waals surface area contributed by atoms with Crippen LogP contribution in [0.1, 0.15) is 91.9 Å². The lowest BCUT2D eigenvalue weighted by Gasteiger charge is -2.21. The topological polar surface area (TPSA) is 108 Å². The molecule has 0 saturated carbocycles. The molecule has 40 heavy (non-hydrogen) atoms. The van der Waals surface area contributed by atoms with E-state index in [1.165, 1.54) is 51.9 Å². The molecule has 0 spiro atoms. The first-order valence-electron chi connectivity index (χ1n) is 14.6. The van der Waals surface area contributed by atoms with E-state index in [-0.39, 0.29) is 12.2 Å². The zero-order valence-corrected chi connectivity index (χ0v) is 24.5. The quantitative estimate of drug-likeness (QED) is 0.277. The van der Waals surface area contributed by atoms with Crippen molar-refractivity contribution in [3.05, 3.63) is 48.5 Å². The standard InChI is InChI=1S/C19H22N4O3.C12H24O2/c1-4-25-17-10-6-15(7-11-17)22-20-19(14(3)24)21-23(22)16-8-12-18(13-9-16)26-5-2;1-2-3-4-5-6-7-8-9-10-11-12(13)14/h6-13H,4-5H2,1-3H3,(H,20,21);2-11H2,1H3,(H,13,14). The second-order valence-corrected chi connectivity index (χ2v) is 9.62. The number of aliphatic carboxylic acids is 1. The molecule has 3 rings (SSSR count). The maximum Gasteiger partial charge on any atom is 0.251 e. The number of carbonyl (C=O) groups excluding carboxylic acids is 2. The van der Waals surface area contributed by atoms with Crippen LogP contribution in [0.25, 0.3) is 0 Å². The molecule has 0 bridgehead atoms. The van der Waals surface area contributed by atoms with Crippen LogP contribution >= 0.6 is 0 Å². The Morgan fingerprint density at radius 3 is 1.77 bits per heavy atom. The van der Waals surface area contributed by atoms with Gasteiger partial charge in [0.25, 0.3) is 5.84 Å². The molecule has 1 aliphatic rings. The van der Waals surface area contributed by atoms with Gasteiger partial charge in [-0.1, -0.05) is 68.5 Å². The number of nitrogens with one attached hydrogen (secondary N) is 2. The lowest BCUT2D eigenvalue weighted by atomic mass is 10.1. The van der Waals surface area contributed by atoms with Gasteiger partial charge < -0.3 is 19.4 Å². The summed E-state index contributed by atoms with van der Waals surface area (Å²) in [5.74, 6) is 0.870. The van der Waals surface area contributed by atoms with Gasteiger partial charge in [0.05, 0.1) is 13.2 Å². The molecule has 2 N–H and O–H groups in total. The molecule has 2 aromatic rings. The Labute approximate surface area is 239 Å². The highest BCUT2D eigenvalue weighted by molar-refractivity contribution is 6.38. The fourth-order valence-corrected chi connectivity index (χ4v) is 4.18. The third-order valence-corrected chi connectivity index (χ3v) is 6.29. The second-order valence-electron chi connectivity index (χ2n) is 9.62. The number of benzene rings is 2. The first-order valence-corrected chi connectivity index (χ1v) is 14.6. The van der Waals surface area contributed by atoms with Gasteiger partial charge in [-0.2, -0.15) is 0 Å². The van der Waals surface area contributed by atoms with E-state index in [1.54, 1.807) is 5.12 Å². The number of hydrogen-bond acceptors (Lipinski definition) is 8. The molecule has 0 amide bonds. The average Bonchev–Trinajstić information content (AvgIpc) is 3.40. The van der Waals surface area contributed by atoms with Gasteiger partial charge in [0.1, 0.15) is 17.2 Å². The summed E-state index contributed by atoms with van der Waals surface area (Å²) in [6, 6.07) is 15.3. The van der Waals surface area contributed by atoms with Crippen LogP contribution in [0.4, 0.5) is 11.4 Å². The van der Waals surface area contributed by atoms with Crippen molar-refractivity contribution in [1.82, 2.24) is 5.43 Å². The van der Waals surface area contributed by atoms with Crippen LogP contribution < -0.4 is 30.2 Å². The summed E-state index contributed by atoms with van der Waals surface area (Å²) in [6.07, 6.45) is 11.2. The van der Waals surface area contributed by atoms with Gasteiger partial charge in [0.2, 0.25) is 5.78 Å². The highest BCUT2D eigenvalue weighted by Gasteiger charge is 2.33. The molecule has 0 saturated heterocycles. The van der Waals surface area contributed by atoms with Crippen LogP contribution in [0, 0.1) is 0 Å². The summed E-state index contributed by atoms with van der Waals surface area (Å²) in [7, 11) is 0. The van der Waals surface area contributed by atoms with Gasteiger partial charge in [-0.15, -0.1) is 0 Å². The molecule has 1 aliphatic heterocycles. The molecule has 0 fully saturated rings. The lowest BCUT2D eigenvalue weighted by molar-refractivity contribution is -0.846. The molecule has 0 aromatic heterocycles. The third kappa shape index (κ3) is 11.7. The van der Waals surface area contributed by atoms with Gasteiger partial charge in [0.15, 0.2) is 5.69 Å². The van der Waals surface area contributed by atoms with E-state index in [2.05, 4.69) is 17.5 Å². The Bertz CT molecular complexity index is 1040. The van der Waals surface area contributed by atoms with Crippen molar-refractivity contribution in [3.63, 3.8) is 0 Å². The van der Waals surface area contributed by atoms with Gasteiger partial charge in [-0.25, -0.2) is 5.43 Å². The summed E-state index contributed by atoms with van der Waals surface area (Å²) in [6.45, 7) is 8.83. The molecular weight excluding hydrogens is 508 g/mol. The number of quaternary nitrogens is 1. The predicted molar refractivity (Wildman–Crippen MR) is 156 cm³/mol. The molecule has 0 aliphatic carbocycles. The van der Waals surface area contributed by atoms with Crippen LogP contribution in [0.3, 0.4) is 0 Å². The van der Waals surface area contributed by atoms with E-state index >= 15 is 0 Å².